The molecule has 3 rings (SSSR count). The van der Waals surface area contributed by atoms with Crippen molar-refractivity contribution in [1.29, 1.82) is 0 Å². The number of rotatable bonds is 9. The van der Waals surface area contributed by atoms with Gasteiger partial charge < -0.3 is 9.84 Å². The van der Waals surface area contributed by atoms with Gasteiger partial charge in [0, 0.05) is 0 Å². The molecule has 3 aromatic carbocycles. The van der Waals surface area contributed by atoms with Gasteiger partial charge in [-0.2, -0.15) is 5.10 Å². The number of amides is 1. The summed E-state index contributed by atoms with van der Waals surface area (Å²) in [6.45, 7) is 5.43. The number of hydrogen-bond donors (Lipinski definition) is 2. The summed E-state index contributed by atoms with van der Waals surface area (Å²) >= 11 is 0. The molecule has 0 saturated carbocycles. The van der Waals surface area contributed by atoms with E-state index in [0.717, 1.165) is 15.4 Å². The van der Waals surface area contributed by atoms with Crippen LogP contribution in [0.2, 0.25) is 0 Å². The van der Waals surface area contributed by atoms with E-state index in [4.69, 9.17) is 4.74 Å². The van der Waals surface area contributed by atoms with E-state index in [2.05, 4.69) is 10.5 Å². The number of ether oxygens (including phenoxy) is 1. The number of benzene rings is 3. The highest BCUT2D eigenvalue weighted by Gasteiger charge is 2.27. The zero-order chi connectivity index (χ0) is 24.7. The molecule has 178 valence electrons. The summed E-state index contributed by atoms with van der Waals surface area (Å²) in [5.74, 6) is -0.317. The third-order valence-electron chi connectivity index (χ3n) is 4.87. The van der Waals surface area contributed by atoms with Crippen LogP contribution in [0.4, 0.5) is 5.69 Å². The first-order valence-corrected chi connectivity index (χ1v) is 12.1. The average molecular weight is 482 g/mol. The lowest BCUT2D eigenvalue weighted by Crippen LogP contribution is -2.39. The van der Waals surface area contributed by atoms with Gasteiger partial charge in [0.25, 0.3) is 15.9 Å². The van der Waals surface area contributed by atoms with Gasteiger partial charge in [0.2, 0.25) is 0 Å². The molecule has 0 fully saturated rings. The Bertz CT molecular complexity index is 1290. The molecule has 0 aliphatic rings. The van der Waals surface area contributed by atoms with Crippen molar-refractivity contribution in [3.05, 3.63) is 83.4 Å². The van der Waals surface area contributed by atoms with Crippen molar-refractivity contribution >= 4 is 27.8 Å². The zero-order valence-electron chi connectivity index (χ0n) is 19.2. The van der Waals surface area contributed by atoms with E-state index in [1.54, 1.807) is 49.4 Å². The second kappa shape index (κ2) is 10.8. The fourth-order valence-corrected chi connectivity index (χ4v) is 4.58. The minimum Gasteiger partial charge on any atom is -0.504 e. The van der Waals surface area contributed by atoms with Crippen LogP contribution in [0.3, 0.4) is 0 Å². The van der Waals surface area contributed by atoms with E-state index < -0.39 is 22.5 Å². The van der Waals surface area contributed by atoms with Crippen molar-refractivity contribution in [1.82, 2.24) is 5.43 Å². The topological polar surface area (TPSA) is 108 Å². The summed E-state index contributed by atoms with van der Waals surface area (Å²) in [5.41, 5.74) is 5.11. The fourth-order valence-electron chi connectivity index (χ4n) is 3.16. The van der Waals surface area contributed by atoms with Crippen molar-refractivity contribution < 1.29 is 23.1 Å². The number of aromatic hydroxyl groups is 1. The minimum absolute atomic E-state index is 0.00172. The third-order valence-corrected chi connectivity index (χ3v) is 6.66. The molecule has 0 unspecified atom stereocenters. The lowest BCUT2D eigenvalue weighted by atomic mass is 10.2. The Morgan fingerprint density at radius 2 is 1.79 bits per heavy atom. The third kappa shape index (κ3) is 6.14. The van der Waals surface area contributed by atoms with Crippen LogP contribution in [0.15, 0.2) is 76.7 Å². The molecule has 1 amide bonds. The van der Waals surface area contributed by atoms with Gasteiger partial charge in [0.05, 0.1) is 23.4 Å². The smallest absolute Gasteiger partial charge is 0.264 e. The van der Waals surface area contributed by atoms with Crippen LogP contribution in [0.5, 0.6) is 11.5 Å². The van der Waals surface area contributed by atoms with Crippen molar-refractivity contribution in [3.8, 4) is 11.5 Å². The molecule has 2 N–H and O–H groups in total. The van der Waals surface area contributed by atoms with Crippen LogP contribution < -0.4 is 14.5 Å². The van der Waals surface area contributed by atoms with E-state index in [-0.39, 0.29) is 10.6 Å². The predicted octanol–water partition coefficient (Wildman–Crippen LogP) is 3.75. The number of phenolic OH excluding ortho intramolecular Hbond substituents is 1. The van der Waals surface area contributed by atoms with Crippen LogP contribution in [-0.4, -0.2) is 38.8 Å². The molecule has 3 aromatic rings. The summed E-state index contributed by atoms with van der Waals surface area (Å²) in [5, 5.41) is 13.7. The Labute approximate surface area is 199 Å². The monoisotopic (exact) mass is 481 g/mol. The quantitative estimate of drug-likeness (QED) is 0.357. The Kier molecular flexibility index (Phi) is 7.91. The summed E-state index contributed by atoms with van der Waals surface area (Å²) in [7, 11) is -4.00. The molecule has 8 nitrogen and oxygen atoms in total. The number of phenols is 1. The highest BCUT2D eigenvalue weighted by Crippen LogP contribution is 2.26. The summed E-state index contributed by atoms with van der Waals surface area (Å²) in [4.78, 5) is 12.7. The Balaban J connectivity index is 1.81. The van der Waals surface area contributed by atoms with Crippen LogP contribution in [0, 0.1) is 13.8 Å². The maximum atomic E-state index is 13.4. The Morgan fingerprint density at radius 1 is 1.06 bits per heavy atom. The van der Waals surface area contributed by atoms with Gasteiger partial charge in [-0.15, -0.1) is 0 Å². The van der Waals surface area contributed by atoms with E-state index in [0.29, 0.717) is 23.6 Å². The van der Waals surface area contributed by atoms with Gasteiger partial charge in [-0.3, -0.25) is 9.10 Å². The predicted molar refractivity (Wildman–Crippen MR) is 132 cm³/mol. The zero-order valence-corrected chi connectivity index (χ0v) is 20.0. The molecule has 0 atom stereocenters. The molecule has 0 radical (unpaired) electrons. The molecular weight excluding hydrogens is 454 g/mol. The van der Waals surface area contributed by atoms with E-state index in [9.17, 15) is 18.3 Å². The van der Waals surface area contributed by atoms with Gasteiger partial charge in [-0.25, -0.2) is 13.8 Å². The molecule has 0 bridgehead atoms. The van der Waals surface area contributed by atoms with Gasteiger partial charge in [0.1, 0.15) is 6.54 Å². The number of hydrazone groups is 1. The number of aryl methyl sites for hydroxylation is 2. The molecule has 0 aliphatic heterocycles. The van der Waals surface area contributed by atoms with E-state index in [1.165, 1.54) is 24.4 Å². The Hall–Kier alpha value is -3.85. The number of anilines is 1. The van der Waals surface area contributed by atoms with Gasteiger partial charge in [-0.05, 0) is 74.4 Å². The van der Waals surface area contributed by atoms with Crippen molar-refractivity contribution in [3.63, 3.8) is 0 Å². The van der Waals surface area contributed by atoms with Crippen LogP contribution in [0.1, 0.15) is 23.6 Å². The fraction of sp³-hybridized carbons (Fsp3) is 0.200. The Morgan fingerprint density at radius 3 is 2.47 bits per heavy atom. The molecule has 9 heteroatoms. The molecular formula is C25H27N3O5S. The minimum atomic E-state index is -4.00. The first-order valence-electron chi connectivity index (χ1n) is 10.6. The van der Waals surface area contributed by atoms with Crippen LogP contribution in [-0.2, 0) is 14.8 Å². The average Bonchev–Trinajstić information content (AvgIpc) is 2.80. The van der Waals surface area contributed by atoms with E-state index >= 15 is 0 Å². The van der Waals surface area contributed by atoms with Crippen LogP contribution in [0.25, 0.3) is 0 Å². The highest BCUT2D eigenvalue weighted by atomic mass is 32.2. The second-order valence-corrected chi connectivity index (χ2v) is 9.48. The first kappa shape index (κ1) is 24.8. The largest absolute Gasteiger partial charge is 0.504 e. The number of nitrogens with zero attached hydrogens (tertiary/aromatic N) is 2. The second-order valence-electron chi connectivity index (χ2n) is 7.62. The first-order chi connectivity index (χ1) is 16.2. The molecule has 0 spiro atoms. The van der Waals surface area contributed by atoms with Crippen molar-refractivity contribution in [2.45, 2.75) is 25.7 Å². The van der Waals surface area contributed by atoms with Gasteiger partial charge in [-0.1, -0.05) is 29.8 Å². The number of sulfonamides is 1. The summed E-state index contributed by atoms with van der Waals surface area (Å²) < 4.78 is 33.2. The number of nitrogens with one attached hydrogen (secondary N) is 1. The van der Waals surface area contributed by atoms with E-state index in [1.807, 2.05) is 19.9 Å². The SMILES string of the molecule is CCOc1cc(/C=N\NC(=O)CN(c2cccc(C)c2)S(=O)(=O)c2ccc(C)cc2)ccc1O. The van der Waals surface area contributed by atoms with Gasteiger partial charge in [0.15, 0.2) is 11.5 Å². The highest BCUT2D eigenvalue weighted by molar-refractivity contribution is 7.92. The molecule has 0 aromatic heterocycles. The molecule has 34 heavy (non-hydrogen) atoms. The maximum absolute atomic E-state index is 13.4. The normalized spacial score (nSPS) is 11.4. The maximum Gasteiger partial charge on any atom is 0.264 e. The van der Waals surface area contributed by atoms with Crippen molar-refractivity contribution in [2.24, 2.45) is 5.10 Å². The number of hydrogen-bond acceptors (Lipinski definition) is 6. The number of carbonyl (C=O) groups excluding carboxylic acids is 1. The summed E-state index contributed by atoms with van der Waals surface area (Å²) in [6, 6.07) is 18.0. The van der Waals surface area contributed by atoms with Crippen molar-refractivity contribution in [2.75, 3.05) is 17.5 Å². The molecule has 0 saturated heterocycles. The summed E-state index contributed by atoms with van der Waals surface area (Å²) in [6.07, 6.45) is 1.38. The van der Waals surface area contributed by atoms with Gasteiger partial charge >= 0.3 is 0 Å². The standard InChI is InChI=1S/C25H27N3O5S/c1-4-33-24-15-20(10-13-23(24)29)16-26-27-25(30)17-28(21-7-5-6-19(3)14-21)34(31,32)22-11-8-18(2)9-12-22/h5-16,29H,4,17H2,1-3H3,(H,27,30)/b26-16-. The molecule has 0 heterocycles. The number of carbonyl (C=O) groups is 1. The van der Waals surface area contributed by atoms with Crippen LogP contribution >= 0.6 is 0 Å². The lowest BCUT2D eigenvalue weighted by molar-refractivity contribution is -0.119. The molecule has 0 aliphatic carbocycles. The lowest BCUT2D eigenvalue weighted by Gasteiger charge is -2.24.